The number of ether oxygens (including phenoxy) is 4. The van der Waals surface area contributed by atoms with Crippen LogP contribution >= 0.6 is 0 Å². The standard InChI is InChI=1S/C47H82O12S/c1-3-5-7-9-11-13-15-17-19-20-22-24-26-28-30-32-34-36-43(49)58-40(38-57-47-46(52)45(51)44(50)41(59-47)39-60(53,54)55)37-56-42(48)35-33-31-29-27-25-23-21-18-16-14-12-10-8-6-4-2/h11,13,17,19,22-25,40-41,44-47,50-52H,3-10,12,14-16,18,20-21,26-39H2,1-2H3,(H,53,54,55)/b13-11+,19-17+,24-22+,25-23+/t40-,41-,44-,45?,46?,47+/m1/s1. The third-order valence-electron chi connectivity index (χ3n) is 10.4. The van der Waals surface area contributed by atoms with Crippen molar-refractivity contribution in [1.82, 2.24) is 0 Å². The number of allylic oxidation sites excluding steroid dienone is 8. The minimum Gasteiger partial charge on any atom is -0.462 e. The molecule has 1 fully saturated rings. The van der Waals surface area contributed by atoms with Crippen LogP contribution in [0, 0.1) is 0 Å². The zero-order chi connectivity index (χ0) is 44.1. The monoisotopic (exact) mass is 871 g/mol. The second-order valence-electron chi connectivity index (χ2n) is 16.1. The molecule has 13 heteroatoms. The van der Waals surface area contributed by atoms with Gasteiger partial charge in [0.05, 0.1) is 6.61 Å². The van der Waals surface area contributed by atoms with Crippen molar-refractivity contribution in [3.05, 3.63) is 48.6 Å². The van der Waals surface area contributed by atoms with E-state index in [0.29, 0.717) is 12.8 Å². The Hall–Kier alpha value is -2.39. The third kappa shape index (κ3) is 31.5. The van der Waals surface area contributed by atoms with E-state index in [9.17, 15) is 37.9 Å². The van der Waals surface area contributed by atoms with E-state index >= 15 is 0 Å². The molecule has 0 bridgehead atoms. The van der Waals surface area contributed by atoms with Crippen LogP contribution in [-0.4, -0.2) is 96.0 Å². The van der Waals surface area contributed by atoms with Crippen LogP contribution in [0.2, 0.25) is 0 Å². The van der Waals surface area contributed by atoms with E-state index in [1.54, 1.807) is 0 Å². The summed E-state index contributed by atoms with van der Waals surface area (Å²) in [6.07, 6.45) is 34.4. The summed E-state index contributed by atoms with van der Waals surface area (Å²) in [7, 11) is -4.61. The Labute approximate surface area is 363 Å². The summed E-state index contributed by atoms with van der Waals surface area (Å²) < 4.78 is 54.0. The highest BCUT2D eigenvalue weighted by molar-refractivity contribution is 7.85. The summed E-state index contributed by atoms with van der Waals surface area (Å²) in [5.41, 5.74) is 0. The summed E-state index contributed by atoms with van der Waals surface area (Å²) in [4.78, 5) is 25.4. The van der Waals surface area contributed by atoms with Gasteiger partial charge in [0.25, 0.3) is 10.1 Å². The zero-order valence-corrected chi connectivity index (χ0v) is 37.9. The number of carbonyl (C=O) groups is 2. The van der Waals surface area contributed by atoms with Crippen molar-refractivity contribution in [2.75, 3.05) is 19.0 Å². The predicted octanol–water partition coefficient (Wildman–Crippen LogP) is 9.56. The van der Waals surface area contributed by atoms with Gasteiger partial charge in [-0.25, -0.2) is 0 Å². The van der Waals surface area contributed by atoms with E-state index in [1.165, 1.54) is 70.6 Å². The number of aliphatic hydroxyl groups excluding tert-OH is 3. The van der Waals surface area contributed by atoms with Crippen LogP contribution < -0.4 is 0 Å². The van der Waals surface area contributed by atoms with Crippen LogP contribution in [0.4, 0.5) is 0 Å². The first-order valence-corrected chi connectivity index (χ1v) is 24.8. The maximum absolute atomic E-state index is 12.8. The Morgan fingerprint density at radius 2 is 1.00 bits per heavy atom. The Bertz CT molecular complexity index is 1300. The van der Waals surface area contributed by atoms with Gasteiger partial charge in [0, 0.05) is 12.8 Å². The highest BCUT2D eigenvalue weighted by Gasteiger charge is 2.46. The molecule has 348 valence electrons. The lowest BCUT2D eigenvalue weighted by Crippen LogP contribution is -2.60. The molecule has 0 aliphatic carbocycles. The molecule has 0 saturated carbocycles. The van der Waals surface area contributed by atoms with Crippen LogP contribution in [0.25, 0.3) is 0 Å². The molecule has 0 amide bonds. The van der Waals surface area contributed by atoms with Crippen molar-refractivity contribution in [3.8, 4) is 0 Å². The largest absolute Gasteiger partial charge is 0.462 e. The van der Waals surface area contributed by atoms with Crippen molar-refractivity contribution in [1.29, 1.82) is 0 Å². The topological polar surface area (TPSA) is 186 Å². The molecule has 60 heavy (non-hydrogen) atoms. The lowest BCUT2D eigenvalue weighted by atomic mass is 10.00. The molecule has 1 aliphatic heterocycles. The minimum atomic E-state index is -4.61. The summed E-state index contributed by atoms with van der Waals surface area (Å²) in [6, 6.07) is 0. The fourth-order valence-electron chi connectivity index (χ4n) is 6.74. The number of hydrogen-bond acceptors (Lipinski definition) is 11. The zero-order valence-electron chi connectivity index (χ0n) is 37.1. The van der Waals surface area contributed by atoms with E-state index in [-0.39, 0.29) is 19.4 Å². The maximum atomic E-state index is 12.8. The van der Waals surface area contributed by atoms with Crippen LogP contribution in [0.5, 0.6) is 0 Å². The second-order valence-corrected chi connectivity index (χ2v) is 17.6. The first-order valence-electron chi connectivity index (χ1n) is 23.2. The molecule has 0 spiro atoms. The minimum absolute atomic E-state index is 0.135. The normalized spacial score (nSPS) is 20.5. The Morgan fingerprint density at radius 3 is 1.55 bits per heavy atom. The van der Waals surface area contributed by atoms with E-state index in [2.05, 4.69) is 62.5 Å². The highest BCUT2D eigenvalue weighted by Crippen LogP contribution is 2.24. The van der Waals surface area contributed by atoms with Crippen molar-refractivity contribution in [2.24, 2.45) is 0 Å². The smallest absolute Gasteiger partial charge is 0.306 e. The van der Waals surface area contributed by atoms with Crippen molar-refractivity contribution < 1.29 is 56.8 Å². The van der Waals surface area contributed by atoms with Gasteiger partial charge in [-0.05, 0) is 77.0 Å². The molecular weight excluding hydrogens is 789 g/mol. The summed E-state index contributed by atoms with van der Waals surface area (Å²) in [5, 5.41) is 30.9. The molecule has 2 unspecified atom stereocenters. The van der Waals surface area contributed by atoms with Crippen molar-refractivity contribution >= 4 is 22.1 Å². The fraction of sp³-hybridized carbons (Fsp3) is 0.787. The Balaban J connectivity index is 2.47. The molecule has 1 aliphatic rings. The molecule has 6 atom stereocenters. The Kier molecular flexibility index (Phi) is 34.5. The molecule has 4 N–H and O–H groups in total. The third-order valence-corrected chi connectivity index (χ3v) is 11.1. The average molecular weight is 871 g/mol. The maximum Gasteiger partial charge on any atom is 0.306 e. The van der Waals surface area contributed by atoms with Gasteiger partial charge in [0.1, 0.15) is 36.8 Å². The number of esters is 2. The highest BCUT2D eigenvalue weighted by atomic mass is 32.2. The van der Waals surface area contributed by atoms with Gasteiger partial charge in [-0.3, -0.25) is 14.1 Å². The molecule has 1 saturated heterocycles. The number of aliphatic hydroxyl groups is 3. The van der Waals surface area contributed by atoms with Gasteiger partial charge >= 0.3 is 11.9 Å². The van der Waals surface area contributed by atoms with E-state index in [1.807, 2.05) is 0 Å². The number of rotatable bonds is 38. The summed E-state index contributed by atoms with van der Waals surface area (Å²) in [5.74, 6) is -2.03. The van der Waals surface area contributed by atoms with Crippen LogP contribution in [0.3, 0.4) is 0 Å². The number of hydrogen-bond donors (Lipinski definition) is 4. The van der Waals surface area contributed by atoms with Crippen molar-refractivity contribution in [3.63, 3.8) is 0 Å². The molecule has 0 radical (unpaired) electrons. The molecule has 12 nitrogen and oxygen atoms in total. The van der Waals surface area contributed by atoms with Gasteiger partial charge in [-0.15, -0.1) is 0 Å². The van der Waals surface area contributed by atoms with Gasteiger partial charge in [-0.1, -0.05) is 140 Å². The predicted molar refractivity (Wildman–Crippen MR) is 238 cm³/mol. The van der Waals surface area contributed by atoms with Gasteiger partial charge in [0.15, 0.2) is 12.4 Å². The summed E-state index contributed by atoms with van der Waals surface area (Å²) >= 11 is 0. The second kappa shape index (κ2) is 37.2. The molecule has 0 aromatic rings. The quantitative estimate of drug-likeness (QED) is 0.0200. The lowest BCUT2D eigenvalue weighted by molar-refractivity contribution is -0.297. The Morgan fingerprint density at radius 1 is 0.567 bits per heavy atom. The number of carbonyl (C=O) groups excluding carboxylic acids is 2. The van der Waals surface area contributed by atoms with E-state index < -0.39 is 71.2 Å². The molecule has 0 aromatic heterocycles. The fourth-order valence-corrected chi connectivity index (χ4v) is 7.43. The van der Waals surface area contributed by atoms with Gasteiger partial charge < -0.3 is 34.3 Å². The molecular formula is C47H82O12S. The first kappa shape index (κ1) is 55.6. The molecule has 1 rings (SSSR count). The lowest BCUT2D eigenvalue weighted by Gasteiger charge is -2.40. The van der Waals surface area contributed by atoms with Crippen molar-refractivity contribution in [2.45, 2.75) is 218 Å². The van der Waals surface area contributed by atoms with Crippen LogP contribution in [0.1, 0.15) is 181 Å². The van der Waals surface area contributed by atoms with Crippen LogP contribution in [-0.2, 0) is 38.7 Å². The van der Waals surface area contributed by atoms with Gasteiger partial charge in [0.2, 0.25) is 0 Å². The van der Waals surface area contributed by atoms with E-state index in [4.69, 9.17) is 18.9 Å². The average Bonchev–Trinajstić information content (AvgIpc) is 3.21. The summed E-state index contributed by atoms with van der Waals surface area (Å²) in [6.45, 7) is 3.70. The van der Waals surface area contributed by atoms with Gasteiger partial charge in [-0.2, -0.15) is 8.42 Å². The van der Waals surface area contributed by atoms with E-state index in [0.717, 1.165) is 70.6 Å². The first-order chi connectivity index (χ1) is 29.0. The number of unbranched alkanes of at least 4 members (excludes halogenated alkanes) is 18. The SMILES string of the molecule is CCCCC/C=C/C/C=C/C/C=C/CCCCCCC(=O)O[C@H](COC(=O)CCCCC/C=C/CCCCCCCCCC)CO[C@H]1O[C@H](CS(=O)(=O)O)[C@@H](O)C(O)C1O. The molecule has 0 aromatic carbocycles. The van der Waals surface area contributed by atoms with Crippen LogP contribution in [0.15, 0.2) is 48.6 Å². The molecule has 1 heterocycles.